The van der Waals surface area contributed by atoms with Gasteiger partial charge in [0.2, 0.25) is 0 Å². The van der Waals surface area contributed by atoms with Crippen LogP contribution >= 0.6 is 34.8 Å². The van der Waals surface area contributed by atoms with Crippen LogP contribution in [0.1, 0.15) is 21.5 Å². The van der Waals surface area contributed by atoms with E-state index in [0.29, 0.717) is 10.6 Å². The minimum absolute atomic E-state index is 0.196. The number of benzene rings is 2. The average Bonchev–Trinajstić information content (AvgIpc) is 2.50. The molecule has 0 aliphatic carbocycles. The number of carbonyl (C=O) groups is 2. The molecule has 4 nitrogen and oxygen atoms in total. The van der Waals surface area contributed by atoms with E-state index >= 15 is 0 Å². The van der Waals surface area contributed by atoms with Crippen molar-refractivity contribution < 1.29 is 14.3 Å². The van der Waals surface area contributed by atoms with Crippen LogP contribution in [0.4, 0.5) is 5.69 Å². The number of esters is 1. The van der Waals surface area contributed by atoms with Crippen LogP contribution < -0.4 is 5.32 Å². The van der Waals surface area contributed by atoms with Crippen molar-refractivity contribution in [2.45, 2.75) is 13.8 Å². The fraction of sp³-hybridized carbons (Fsp3) is 0.176. The molecule has 0 unspecified atom stereocenters. The number of nitrogens with one attached hydrogen (secondary N) is 1. The number of anilines is 1. The van der Waals surface area contributed by atoms with Crippen molar-refractivity contribution in [2.24, 2.45) is 0 Å². The molecule has 0 aliphatic heterocycles. The molecule has 24 heavy (non-hydrogen) atoms. The smallest absolute Gasteiger partial charge is 0.338 e. The minimum Gasteiger partial charge on any atom is -0.452 e. The SMILES string of the molecule is Cc1ccc(C)c(C(=O)OCC(=O)Nc2c(Cl)cc(Cl)cc2Cl)c1. The Morgan fingerprint density at radius 3 is 2.29 bits per heavy atom. The number of carbonyl (C=O) groups excluding carboxylic acids is 2. The van der Waals surface area contributed by atoms with Gasteiger partial charge in [0.1, 0.15) is 0 Å². The lowest BCUT2D eigenvalue weighted by Crippen LogP contribution is -2.21. The van der Waals surface area contributed by atoms with Gasteiger partial charge in [0.25, 0.3) is 5.91 Å². The maximum Gasteiger partial charge on any atom is 0.338 e. The zero-order valence-electron chi connectivity index (χ0n) is 13.0. The highest BCUT2D eigenvalue weighted by atomic mass is 35.5. The molecule has 0 saturated carbocycles. The maximum absolute atomic E-state index is 12.1. The van der Waals surface area contributed by atoms with E-state index in [9.17, 15) is 9.59 Å². The van der Waals surface area contributed by atoms with Crippen molar-refractivity contribution in [3.05, 3.63) is 62.1 Å². The molecule has 2 aromatic rings. The summed E-state index contributed by atoms with van der Waals surface area (Å²) in [4.78, 5) is 24.0. The lowest BCUT2D eigenvalue weighted by molar-refractivity contribution is -0.119. The normalized spacial score (nSPS) is 10.4. The van der Waals surface area contributed by atoms with Crippen molar-refractivity contribution in [1.29, 1.82) is 0 Å². The molecule has 0 heterocycles. The fourth-order valence-electron chi connectivity index (χ4n) is 2.00. The van der Waals surface area contributed by atoms with Gasteiger partial charge in [-0.2, -0.15) is 0 Å². The van der Waals surface area contributed by atoms with Crippen LogP contribution in [0.3, 0.4) is 0 Å². The molecule has 2 aromatic carbocycles. The first-order chi connectivity index (χ1) is 11.3. The van der Waals surface area contributed by atoms with Crippen LogP contribution in [-0.2, 0) is 9.53 Å². The number of hydrogen-bond acceptors (Lipinski definition) is 3. The zero-order valence-corrected chi connectivity index (χ0v) is 15.2. The highest BCUT2D eigenvalue weighted by Crippen LogP contribution is 2.33. The first-order valence-electron chi connectivity index (χ1n) is 6.96. The van der Waals surface area contributed by atoms with Crippen molar-refractivity contribution in [1.82, 2.24) is 0 Å². The van der Waals surface area contributed by atoms with Gasteiger partial charge >= 0.3 is 5.97 Å². The number of aryl methyl sites for hydroxylation is 2. The second-order valence-electron chi connectivity index (χ2n) is 5.19. The summed E-state index contributed by atoms with van der Waals surface area (Å²) < 4.78 is 5.04. The highest BCUT2D eigenvalue weighted by Gasteiger charge is 2.15. The van der Waals surface area contributed by atoms with Crippen molar-refractivity contribution >= 4 is 52.4 Å². The minimum atomic E-state index is -0.570. The lowest BCUT2D eigenvalue weighted by Gasteiger charge is -2.11. The molecule has 0 atom stereocenters. The Hall–Kier alpha value is -1.75. The number of rotatable bonds is 4. The Balaban J connectivity index is 2.01. The molecule has 126 valence electrons. The van der Waals surface area contributed by atoms with Crippen molar-refractivity contribution in [2.75, 3.05) is 11.9 Å². The standard InChI is InChI=1S/C17H14Cl3NO3/c1-9-3-4-10(2)12(5-9)17(23)24-8-15(22)21-16-13(19)6-11(18)7-14(16)20/h3-7H,8H2,1-2H3,(H,21,22). The summed E-state index contributed by atoms with van der Waals surface area (Å²) in [6.07, 6.45) is 0. The molecular formula is C17H14Cl3NO3. The van der Waals surface area contributed by atoms with Crippen LogP contribution in [0.2, 0.25) is 15.1 Å². The fourth-order valence-corrected chi connectivity index (χ4v) is 2.91. The molecule has 0 spiro atoms. The Labute approximate surface area is 154 Å². The van der Waals surface area contributed by atoms with Gasteiger partial charge in [-0.15, -0.1) is 0 Å². The molecule has 0 fully saturated rings. The summed E-state index contributed by atoms with van der Waals surface area (Å²) in [5.41, 5.74) is 2.34. The topological polar surface area (TPSA) is 55.4 Å². The first-order valence-corrected chi connectivity index (χ1v) is 8.10. The summed E-state index contributed by atoms with van der Waals surface area (Å²) in [5.74, 6) is -1.13. The summed E-state index contributed by atoms with van der Waals surface area (Å²) in [7, 11) is 0. The van der Waals surface area contributed by atoms with Gasteiger partial charge in [0, 0.05) is 5.02 Å². The van der Waals surface area contributed by atoms with E-state index in [1.807, 2.05) is 19.1 Å². The van der Waals surface area contributed by atoms with Gasteiger partial charge in [0.15, 0.2) is 6.61 Å². The van der Waals surface area contributed by atoms with Crippen molar-refractivity contribution in [3.8, 4) is 0 Å². The Bertz CT molecular complexity index is 783. The molecule has 0 aliphatic rings. The quantitative estimate of drug-likeness (QED) is 0.747. The van der Waals surface area contributed by atoms with Gasteiger partial charge in [-0.1, -0.05) is 52.5 Å². The van der Waals surface area contributed by atoms with Crippen molar-refractivity contribution in [3.63, 3.8) is 0 Å². The predicted octanol–water partition coefficient (Wildman–Crippen LogP) is 5.06. The van der Waals surface area contributed by atoms with Gasteiger partial charge < -0.3 is 10.1 Å². The summed E-state index contributed by atoms with van der Waals surface area (Å²) in [6, 6.07) is 8.32. The molecule has 2 rings (SSSR count). The van der Waals surface area contributed by atoms with E-state index in [4.69, 9.17) is 39.5 Å². The van der Waals surface area contributed by atoms with Gasteiger partial charge in [0.05, 0.1) is 21.3 Å². The van der Waals surface area contributed by atoms with E-state index < -0.39 is 18.5 Å². The van der Waals surface area contributed by atoms with Crippen LogP contribution in [0.15, 0.2) is 30.3 Å². The van der Waals surface area contributed by atoms with Gasteiger partial charge in [-0.3, -0.25) is 4.79 Å². The van der Waals surface area contributed by atoms with E-state index in [1.165, 1.54) is 12.1 Å². The second-order valence-corrected chi connectivity index (χ2v) is 6.44. The largest absolute Gasteiger partial charge is 0.452 e. The third kappa shape index (κ3) is 4.63. The van der Waals surface area contributed by atoms with E-state index in [0.717, 1.165) is 11.1 Å². The monoisotopic (exact) mass is 385 g/mol. The molecule has 0 aromatic heterocycles. The third-order valence-electron chi connectivity index (χ3n) is 3.22. The number of amides is 1. The highest BCUT2D eigenvalue weighted by molar-refractivity contribution is 6.42. The molecule has 7 heteroatoms. The van der Waals surface area contributed by atoms with Crippen LogP contribution in [0.5, 0.6) is 0 Å². The molecular weight excluding hydrogens is 373 g/mol. The second kappa shape index (κ2) is 7.88. The molecule has 0 radical (unpaired) electrons. The summed E-state index contributed by atoms with van der Waals surface area (Å²) in [5, 5.41) is 3.24. The predicted molar refractivity (Wildman–Crippen MR) is 96.3 cm³/mol. The summed E-state index contributed by atoms with van der Waals surface area (Å²) in [6.45, 7) is 3.21. The van der Waals surface area contributed by atoms with Crippen LogP contribution in [-0.4, -0.2) is 18.5 Å². The Kier molecular flexibility index (Phi) is 6.10. The average molecular weight is 387 g/mol. The zero-order chi connectivity index (χ0) is 17.9. The number of hydrogen-bond donors (Lipinski definition) is 1. The molecule has 1 amide bonds. The Morgan fingerprint density at radius 1 is 1.04 bits per heavy atom. The Morgan fingerprint density at radius 2 is 1.67 bits per heavy atom. The third-order valence-corrected chi connectivity index (χ3v) is 4.03. The molecule has 1 N–H and O–H groups in total. The maximum atomic E-state index is 12.1. The first kappa shape index (κ1) is 18.6. The van der Waals surface area contributed by atoms with Crippen LogP contribution in [0.25, 0.3) is 0 Å². The molecule has 0 saturated heterocycles. The number of halogens is 3. The van der Waals surface area contributed by atoms with E-state index in [-0.39, 0.29) is 15.7 Å². The van der Waals surface area contributed by atoms with Gasteiger partial charge in [-0.05, 0) is 37.6 Å². The molecule has 0 bridgehead atoms. The van der Waals surface area contributed by atoms with Gasteiger partial charge in [-0.25, -0.2) is 4.79 Å². The lowest BCUT2D eigenvalue weighted by atomic mass is 10.1. The van der Waals surface area contributed by atoms with E-state index in [1.54, 1.807) is 13.0 Å². The van der Waals surface area contributed by atoms with E-state index in [2.05, 4.69) is 5.32 Å². The summed E-state index contributed by atoms with van der Waals surface area (Å²) >= 11 is 17.8. The number of ether oxygens (including phenoxy) is 1. The van der Waals surface area contributed by atoms with Crippen LogP contribution in [0, 0.1) is 13.8 Å².